The third kappa shape index (κ3) is 4.22. The summed E-state index contributed by atoms with van der Waals surface area (Å²) in [5.41, 5.74) is 10.8. The van der Waals surface area contributed by atoms with Gasteiger partial charge in [0, 0.05) is 11.6 Å². The number of hydrogen-bond acceptors (Lipinski definition) is 1. The van der Waals surface area contributed by atoms with E-state index in [9.17, 15) is 0 Å². The summed E-state index contributed by atoms with van der Waals surface area (Å²) in [7, 11) is 0. The first kappa shape index (κ1) is 26.2. The van der Waals surface area contributed by atoms with Crippen LogP contribution in [0.3, 0.4) is 0 Å². The Kier molecular flexibility index (Phi) is 6.34. The molecule has 0 saturated heterocycles. The molecule has 0 atom stereocenters. The summed E-state index contributed by atoms with van der Waals surface area (Å²) < 4.78 is 2.31. The minimum atomic E-state index is 0.307. The summed E-state index contributed by atoms with van der Waals surface area (Å²) >= 11 is 0. The fraction of sp³-hybridized carbons (Fsp3) is 0.0714. The van der Waals surface area contributed by atoms with Crippen LogP contribution in [0.2, 0.25) is 0 Å². The van der Waals surface area contributed by atoms with E-state index in [2.05, 4.69) is 170 Å². The van der Waals surface area contributed by atoms with Crippen LogP contribution in [0.25, 0.3) is 71.6 Å². The van der Waals surface area contributed by atoms with E-state index in [4.69, 9.17) is 4.98 Å². The van der Waals surface area contributed by atoms with Gasteiger partial charge in [-0.15, -0.1) is 0 Å². The Bertz CT molecular complexity index is 2230. The zero-order valence-corrected chi connectivity index (χ0v) is 24.9. The summed E-state index contributed by atoms with van der Waals surface area (Å²) in [6.07, 6.45) is 0. The average Bonchev–Trinajstić information content (AvgIpc) is 3.48. The molecule has 7 aromatic carbocycles. The van der Waals surface area contributed by atoms with Crippen molar-refractivity contribution in [3.05, 3.63) is 157 Å². The molecule has 0 saturated carbocycles. The van der Waals surface area contributed by atoms with Crippen molar-refractivity contribution >= 4 is 32.6 Å². The highest BCUT2D eigenvalue weighted by molar-refractivity contribution is 6.22. The van der Waals surface area contributed by atoms with Gasteiger partial charge < -0.3 is 0 Å². The van der Waals surface area contributed by atoms with Crippen LogP contribution in [0.15, 0.2) is 152 Å². The van der Waals surface area contributed by atoms with Gasteiger partial charge >= 0.3 is 0 Å². The fourth-order valence-electron chi connectivity index (χ4n) is 6.78. The molecule has 2 heteroatoms. The van der Waals surface area contributed by atoms with E-state index in [1.165, 1.54) is 54.9 Å². The monoisotopic (exact) mass is 564 g/mol. The van der Waals surface area contributed by atoms with Gasteiger partial charge in [-0.2, -0.15) is 0 Å². The molecule has 0 amide bonds. The standard InChI is InChI=1S/C42H32N2/c1-28(2)42-43-38-22-12-13-23-39(38)44(42)31-26-24-30(25-27-31)40-34-18-8-10-20-36(34)41(37-21-11-9-19-35(37)40)33-17-7-6-16-32(33)29-14-4-3-5-15-29/h3-28H,1-2H3. The molecule has 0 aliphatic carbocycles. The molecule has 0 unspecified atom stereocenters. The fourth-order valence-corrected chi connectivity index (χ4v) is 6.78. The smallest absolute Gasteiger partial charge is 0.117 e. The molecule has 44 heavy (non-hydrogen) atoms. The minimum Gasteiger partial charge on any atom is -0.296 e. The summed E-state index contributed by atoms with van der Waals surface area (Å²) in [6.45, 7) is 4.42. The van der Waals surface area contributed by atoms with Crippen LogP contribution in [0.1, 0.15) is 25.6 Å². The zero-order chi connectivity index (χ0) is 29.6. The van der Waals surface area contributed by atoms with E-state index in [1.54, 1.807) is 0 Å². The maximum absolute atomic E-state index is 4.98. The van der Waals surface area contributed by atoms with Gasteiger partial charge in [0.25, 0.3) is 0 Å². The number of imidazole rings is 1. The van der Waals surface area contributed by atoms with E-state index in [0.29, 0.717) is 5.92 Å². The van der Waals surface area contributed by atoms with Gasteiger partial charge in [-0.3, -0.25) is 4.57 Å². The average molecular weight is 565 g/mol. The van der Waals surface area contributed by atoms with Crippen LogP contribution >= 0.6 is 0 Å². The zero-order valence-electron chi connectivity index (χ0n) is 24.9. The molecule has 0 N–H and O–H groups in total. The molecule has 0 radical (unpaired) electrons. The first-order chi connectivity index (χ1) is 21.7. The van der Waals surface area contributed by atoms with Crippen molar-refractivity contribution in [2.45, 2.75) is 19.8 Å². The first-order valence-corrected chi connectivity index (χ1v) is 15.4. The van der Waals surface area contributed by atoms with Crippen molar-refractivity contribution in [1.29, 1.82) is 0 Å². The van der Waals surface area contributed by atoms with Crippen molar-refractivity contribution in [3.63, 3.8) is 0 Å². The number of aromatic nitrogens is 2. The van der Waals surface area contributed by atoms with Crippen molar-refractivity contribution in [2.24, 2.45) is 0 Å². The lowest BCUT2D eigenvalue weighted by Gasteiger charge is -2.20. The Labute approximate surface area is 257 Å². The van der Waals surface area contributed by atoms with Crippen LogP contribution in [0.4, 0.5) is 0 Å². The van der Waals surface area contributed by atoms with Crippen LogP contribution in [-0.2, 0) is 0 Å². The summed E-state index contributed by atoms with van der Waals surface area (Å²) in [6, 6.07) is 54.8. The Hall–Kier alpha value is -5.47. The van der Waals surface area contributed by atoms with E-state index in [1.807, 2.05) is 0 Å². The van der Waals surface area contributed by atoms with Crippen molar-refractivity contribution < 1.29 is 0 Å². The summed E-state index contributed by atoms with van der Waals surface area (Å²) in [4.78, 5) is 4.98. The van der Waals surface area contributed by atoms with Crippen molar-refractivity contribution in [2.75, 3.05) is 0 Å². The topological polar surface area (TPSA) is 17.8 Å². The van der Waals surface area contributed by atoms with Crippen LogP contribution < -0.4 is 0 Å². The normalized spacial score (nSPS) is 11.6. The molecule has 0 spiro atoms. The second-order valence-corrected chi connectivity index (χ2v) is 11.7. The van der Waals surface area contributed by atoms with Gasteiger partial charge in [0.2, 0.25) is 0 Å². The second-order valence-electron chi connectivity index (χ2n) is 11.7. The third-order valence-electron chi connectivity index (χ3n) is 8.73. The lowest BCUT2D eigenvalue weighted by molar-refractivity contribution is 0.760. The van der Waals surface area contributed by atoms with E-state index in [0.717, 1.165) is 22.5 Å². The maximum atomic E-state index is 4.98. The SMILES string of the molecule is CC(C)c1nc2ccccc2n1-c1ccc(-c2c3ccccc3c(-c3ccccc3-c3ccccc3)c3ccccc23)cc1. The van der Waals surface area contributed by atoms with Gasteiger partial charge in [0.1, 0.15) is 5.82 Å². The second kappa shape index (κ2) is 10.7. The van der Waals surface area contributed by atoms with E-state index in [-0.39, 0.29) is 0 Å². The number of benzene rings is 7. The molecule has 210 valence electrons. The predicted octanol–water partition coefficient (Wildman–Crippen LogP) is 11.5. The minimum absolute atomic E-state index is 0.307. The van der Waals surface area contributed by atoms with Crippen LogP contribution in [0, 0.1) is 0 Å². The molecule has 1 heterocycles. The quantitative estimate of drug-likeness (QED) is 0.190. The molecule has 0 aliphatic rings. The third-order valence-corrected chi connectivity index (χ3v) is 8.73. The highest BCUT2D eigenvalue weighted by atomic mass is 15.1. The number of para-hydroxylation sites is 2. The van der Waals surface area contributed by atoms with E-state index >= 15 is 0 Å². The van der Waals surface area contributed by atoms with Gasteiger partial charge in [-0.1, -0.05) is 141 Å². The van der Waals surface area contributed by atoms with Crippen molar-refractivity contribution in [1.82, 2.24) is 9.55 Å². The highest BCUT2D eigenvalue weighted by Crippen LogP contribution is 2.46. The lowest BCUT2D eigenvalue weighted by atomic mass is 9.84. The molecular formula is C42H32N2. The summed E-state index contributed by atoms with van der Waals surface area (Å²) in [5.74, 6) is 1.39. The Balaban J connectivity index is 1.36. The van der Waals surface area contributed by atoms with Crippen molar-refractivity contribution in [3.8, 4) is 39.1 Å². The molecule has 8 rings (SSSR count). The van der Waals surface area contributed by atoms with Gasteiger partial charge in [0.05, 0.1) is 11.0 Å². The lowest BCUT2D eigenvalue weighted by Crippen LogP contribution is -2.03. The number of rotatable bonds is 5. The molecule has 0 aliphatic heterocycles. The molecule has 2 nitrogen and oxygen atoms in total. The first-order valence-electron chi connectivity index (χ1n) is 15.4. The predicted molar refractivity (Wildman–Crippen MR) is 186 cm³/mol. The number of nitrogens with zero attached hydrogens (tertiary/aromatic N) is 2. The van der Waals surface area contributed by atoms with Gasteiger partial charge in [-0.25, -0.2) is 4.98 Å². The molecular weight excluding hydrogens is 532 g/mol. The highest BCUT2D eigenvalue weighted by Gasteiger charge is 2.19. The van der Waals surface area contributed by atoms with Crippen LogP contribution in [-0.4, -0.2) is 9.55 Å². The van der Waals surface area contributed by atoms with E-state index < -0.39 is 0 Å². The molecule has 1 aromatic heterocycles. The largest absolute Gasteiger partial charge is 0.296 e. The number of fused-ring (bicyclic) bond motifs is 3. The maximum Gasteiger partial charge on any atom is 0.117 e. The molecule has 8 aromatic rings. The van der Waals surface area contributed by atoms with Crippen LogP contribution in [0.5, 0.6) is 0 Å². The Morgan fingerprint density at radius 3 is 1.61 bits per heavy atom. The molecule has 0 fully saturated rings. The van der Waals surface area contributed by atoms with Gasteiger partial charge in [0.15, 0.2) is 0 Å². The number of hydrogen-bond donors (Lipinski definition) is 0. The van der Waals surface area contributed by atoms with Gasteiger partial charge in [-0.05, 0) is 79.2 Å². The Morgan fingerprint density at radius 2 is 0.977 bits per heavy atom. The Morgan fingerprint density at radius 1 is 0.455 bits per heavy atom. The summed E-state index contributed by atoms with van der Waals surface area (Å²) in [5, 5.41) is 5.04. The molecule has 0 bridgehead atoms.